The van der Waals surface area contributed by atoms with E-state index in [0.717, 1.165) is 19.6 Å². The van der Waals surface area contributed by atoms with Gasteiger partial charge in [0.1, 0.15) is 12.1 Å². The second kappa shape index (κ2) is 6.22. The molecule has 0 aliphatic carbocycles. The molecule has 4 nitrogen and oxygen atoms in total. The Morgan fingerprint density at radius 3 is 2.58 bits per heavy atom. The van der Waals surface area contributed by atoms with Gasteiger partial charge in [-0.3, -0.25) is 4.90 Å². The van der Waals surface area contributed by atoms with Crippen LogP contribution in [-0.4, -0.2) is 30.6 Å². The molecule has 98 valence electrons. The Morgan fingerprint density at radius 2 is 2.00 bits per heavy atom. The fourth-order valence-corrected chi connectivity index (χ4v) is 2.69. The first-order valence-corrected chi connectivity index (χ1v) is 6.71. The summed E-state index contributed by atoms with van der Waals surface area (Å²) in [6.07, 6.45) is 2.41. The van der Waals surface area contributed by atoms with Crippen molar-refractivity contribution in [3.05, 3.63) is 29.3 Å². The van der Waals surface area contributed by atoms with Crippen LogP contribution in [0.5, 0.6) is 0 Å². The molecule has 1 saturated heterocycles. The predicted molar refractivity (Wildman–Crippen MR) is 74.6 cm³/mol. The zero-order valence-corrected chi connectivity index (χ0v) is 11.2. The lowest BCUT2D eigenvalue weighted by atomic mass is 10.1. The third kappa shape index (κ3) is 2.86. The van der Waals surface area contributed by atoms with Crippen molar-refractivity contribution in [2.45, 2.75) is 25.8 Å². The molecule has 0 saturated carbocycles. The molecular formula is C15H18N4. The first-order chi connectivity index (χ1) is 9.30. The minimum absolute atomic E-state index is 0.503. The number of hydrogen-bond acceptors (Lipinski definition) is 4. The van der Waals surface area contributed by atoms with Crippen LogP contribution >= 0.6 is 0 Å². The van der Waals surface area contributed by atoms with Gasteiger partial charge in [0.05, 0.1) is 16.8 Å². The van der Waals surface area contributed by atoms with Gasteiger partial charge in [0.25, 0.3) is 0 Å². The monoisotopic (exact) mass is 254 g/mol. The zero-order valence-electron chi connectivity index (χ0n) is 11.2. The highest BCUT2D eigenvalue weighted by atomic mass is 15.2. The van der Waals surface area contributed by atoms with Gasteiger partial charge in [0, 0.05) is 12.6 Å². The average molecular weight is 254 g/mol. The number of likely N-dealkylation sites (N-methyl/N-ethyl adjacent to an activating group) is 1. The quantitative estimate of drug-likeness (QED) is 0.895. The lowest BCUT2D eigenvalue weighted by Gasteiger charge is -2.23. The summed E-state index contributed by atoms with van der Waals surface area (Å²) in [5, 5.41) is 21.5. The van der Waals surface area contributed by atoms with Crippen LogP contribution in [0, 0.1) is 22.7 Å². The van der Waals surface area contributed by atoms with Crippen molar-refractivity contribution in [3.63, 3.8) is 0 Å². The third-order valence-corrected chi connectivity index (χ3v) is 3.73. The van der Waals surface area contributed by atoms with Gasteiger partial charge in [-0.15, -0.1) is 0 Å². The Kier molecular flexibility index (Phi) is 4.39. The molecule has 1 aliphatic rings. The molecule has 0 amide bonds. The smallest absolute Gasteiger partial charge is 0.101 e. The van der Waals surface area contributed by atoms with E-state index in [1.807, 2.05) is 0 Å². The molecule has 1 unspecified atom stereocenters. The maximum absolute atomic E-state index is 9.12. The van der Waals surface area contributed by atoms with Crippen LogP contribution in [0.4, 0.5) is 5.69 Å². The number of nitrogens with one attached hydrogen (secondary N) is 1. The van der Waals surface area contributed by atoms with Crippen molar-refractivity contribution in [3.8, 4) is 12.1 Å². The molecule has 0 aromatic heterocycles. The summed E-state index contributed by atoms with van der Waals surface area (Å²) in [7, 11) is 0. The van der Waals surface area contributed by atoms with E-state index < -0.39 is 0 Å². The normalized spacial score (nSPS) is 18.8. The number of benzene rings is 1. The van der Waals surface area contributed by atoms with Crippen LogP contribution in [0.2, 0.25) is 0 Å². The van der Waals surface area contributed by atoms with E-state index in [-0.39, 0.29) is 0 Å². The fourth-order valence-electron chi connectivity index (χ4n) is 2.69. The Labute approximate surface area is 114 Å². The van der Waals surface area contributed by atoms with Gasteiger partial charge in [0.15, 0.2) is 0 Å². The molecule has 0 radical (unpaired) electrons. The summed E-state index contributed by atoms with van der Waals surface area (Å²) in [5.41, 5.74) is 1.76. The van der Waals surface area contributed by atoms with Gasteiger partial charge < -0.3 is 5.32 Å². The molecular weight excluding hydrogens is 236 g/mol. The number of anilines is 1. The molecule has 4 heteroatoms. The largest absolute Gasteiger partial charge is 0.381 e. The summed E-state index contributed by atoms with van der Waals surface area (Å²) >= 11 is 0. The molecule has 1 atom stereocenters. The Morgan fingerprint density at radius 1 is 1.32 bits per heavy atom. The van der Waals surface area contributed by atoms with Crippen LogP contribution in [0.25, 0.3) is 0 Å². The van der Waals surface area contributed by atoms with Crippen LogP contribution in [0.3, 0.4) is 0 Å². The molecule has 1 aliphatic heterocycles. The molecule has 2 rings (SSSR count). The minimum Gasteiger partial charge on any atom is -0.381 e. The lowest BCUT2D eigenvalue weighted by molar-refractivity contribution is 0.277. The summed E-state index contributed by atoms with van der Waals surface area (Å²) in [4.78, 5) is 2.44. The maximum Gasteiger partial charge on any atom is 0.101 e. The Hall–Kier alpha value is -2.04. The topological polar surface area (TPSA) is 62.9 Å². The van der Waals surface area contributed by atoms with E-state index in [4.69, 9.17) is 10.5 Å². The average Bonchev–Trinajstić information content (AvgIpc) is 2.91. The summed E-state index contributed by atoms with van der Waals surface area (Å²) in [6, 6.07) is 10.0. The molecule has 1 heterocycles. The maximum atomic E-state index is 9.12. The van der Waals surface area contributed by atoms with E-state index >= 15 is 0 Å². The molecule has 1 N–H and O–H groups in total. The SMILES string of the molecule is CCN1CCCC1CNc1c(C#N)cccc1C#N. The van der Waals surface area contributed by atoms with Crippen LogP contribution in [-0.2, 0) is 0 Å². The number of hydrogen-bond donors (Lipinski definition) is 1. The van der Waals surface area contributed by atoms with Crippen molar-refractivity contribution >= 4 is 5.69 Å². The molecule has 1 aromatic rings. The van der Waals surface area contributed by atoms with E-state index in [9.17, 15) is 0 Å². The summed E-state index contributed by atoms with van der Waals surface area (Å²) < 4.78 is 0. The molecule has 1 fully saturated rings. The number of para-hydroxylation sites is 1. The number of nitrogens with zero attached hydrogens (tertiary/aromatic N) is 3. The van der Waals surface area contributed by atoms with Crippen molar-refractivity contribution in [2.75, 3.05) is 25.0 Å². The zero-order chi connectivity index (χ0) is 13.7. The van der Waals surface area contributed by atoms with E-state index in [2.05, 4.69) is 29.3 Å². The van der Waals surface area contributed by atoms with Gasteiger partial charge in [-0.25, -0.2) is 0 Å². The van der Waals surface area contributed by atoms with E-state index in [0.29, 0.717) is 22.9 Å². The van der Waals surface area contributed by atoms with Crippen molar-refractivity contribution in [2.24, 2.45) is 0 Å². The van der Waals surface area contributed by atoms with Crippen molar-refractivity contribution in [1.29, 1.82) is 10.5 Å². The second-order valence-electron chi connectivity index (χ2n) is 4.76. The summed E-state index contributed by atoms with van der Waals surface area (Å²) in [5.74, 6) is 0. The van der Waals surface area contributed by atoms with Gasteiger partial charge in [-0.2, -0.15) is 10.5 Å². The minimum atomic E-state index is 0.503. The van der Waals surface area contributed by atoms with E-state index in [1.54, 1.807) is 18.2 Å². The third-order valence-electron chi connectivity index (χ3n) is 3.73. The Bertz CT molecular complexity index is 492. The van der Waals surface area contributed by atoms with Gasteiger partial charge in [-0.1, -0.05) is 13.0 Å². The Balaban J connectivity index is 2.11. The second-order valence-corrected chi connectivity index (χ2v) is 4.76. The standard InChI is InChI=1S/C15H18N4/c1-2-19-8-4-7-14(19)11-18-15-12(9-16)5-3-6-13(15)10-17/h3,5-6,14,18H,2,4,7-8,11H2,1H3. The fraction of sp³-hybridized carbons (Fsp3) is 0.467. The number of rotatable bonds is 4. The molecule has 0 bridgehead atoms. The van der Waals surface area contributed by atoms with Crippen molar-refractivity contribution in [1.82, 2.24) is 4.90 Å². The van der Waals surface area contributed by atoms with Crippen molar-refractivity contribution < 1.29 is 0 Å². The first-order valence-electron chi connectivity index (χ1n) is 6.71. The molecule has 19 heavy (non-hydrogen) atoms. The van der Waals surface area contributed by atoms with Gasteiger partial charge in [-0.05, 0) is 38.1 Å². The van der Waals surface area contributed by atoms with Crippen LogP contribution in [0.1, 0.15) is 30.9 Å². The molecule has 0 spiro atoms. The number of nitriles is 2. The number of likely N-dealkylation sites (tertiary alicyclic amines) is 1. The molecule has 1 aromatic carbocycles. The van der Waals surface area contributed by atoms with Crippen LogP contribution in [0.15, 0.2) is 18.2 Å². The lowest BCUT2D eigenvalue weighted by Crippen LogP contribution is -2.34. The highest BCUT2D eigenvalue weighted by molar-refractivity contribution is 5.66. The van der Waals surface area contributed by atoms with Crippen LogP contribution < -0.4 is 5.32 Å². The first kappa shape index (κ1) is 13.4. The predicted octanol–water partition coefficient (Wildman–Crippen LogP) is 2.33. The highest BCUT2D eigenvalue weighted by Gasteiger charge is 2.23. The van der Waals surface area contributed by atoms with Gasteiger partial charge in [0.2, 0.25) is 0 Å². The summed E-state index contributed by atoms with van der Waals surface area (Å²) in [6.45, 7) is 5.16. The van der Waals surface area contributed by atoms with E-state index in [1.165, 1.54) is 12.8 Å². The van der Waals surface area contributed by atoms with Gasteiger partial charge >= 0.3 is 0 Å². The highest BCUT2D eigenvalue weighted by Crippen LogP contribution is 2.22.